The molecule has 1 aromatic carbocycles. The summed E-state index contributed by atoms with van der Waals surface area (Å²) in [5.41, 5.74) is 1.03. The molecule has 0 aromatic heterocycles. The summed E-state index contributed by atoms with van der Waals surface area (Å²) in [6.45, 7) is 7.18. The third kappa shape index (κ3) is 6.11. The van der Waals surface area contributed by atoms with Crippen LogP contribution in [0.15, 0.2) is 24.3 Å². The fourth-order valence-electron chi connectivity index (χ4n) is 2.84. The quantitative estimate of drug-likeness (QED) is 0.717. The van der Waals surface area contributed by atoms with Crippen molar-refractivity contribution in [2.24, 2.45) is 0 Å². The van der Waals surface area contributed by atoms with Crippen LogP contribution in [0.2, 0.25) is 0 Å². The number of nitrogens with one attached hydrogen (secondary N) is 1. The highest BCUT2D eigenvalue weighted by Gasteiger charge is 2.22. The molecule has 2 rings (SSSR count). The van der Waals surface area contributed by atoms with Crippen molar-refractivity contribution in [1.82, 2.24) is 15.1 Å². The van der Waals surface area contributed by atoms with Crippen LogP contribution < -0.4 is 10.1 Å². The van der Waals surface area contributed by atoms with Gasteiger partial charge in [-0.15, -0.1) is 0 Å². The van der Waals surface area contributed by atoms with E-state index in [4.69, 9.17) is 9.47 Å². The van der Waals surface area contributed by atoms with Crippen LogP contribution in [0.3, 0.4) is 0 Å². The van der Waals surface area contributed by atoms with Crippen molar-refractivity contribution >= 4 is 5.91 Å². The summed E-state index contributed by atoms with van der Waals surface area (Å²) in [5.74, 6) is 0.864. The average molecular weight is 335 g/mol. The third-order valence-electron chi connectivity index (χ3n) is 4.26. The van der Waals surface area contributed by atoms with E-state index in [-0.39, 0.29) is 5.91 Å². The summed E-state index contributed by atoms with van der Waals surface area (Å²) in [5, 5.41) is 3.00. The Morgan fingerprint density at radius 1 is 1.33 bits per heavy atom. The first kappa shape index (κ1) is 18.7. The maximum atomic E-state index is 12.2. The van der Waals surface area contributed by atoms with E-state index in [1.807, 2.05) is 24.3 Å². The van der Waals surface area contributed by atoms with E-state index in [0.29, 0.717) is 32.3 Å². The standard InChI is InChI=1S/C18H29N3O3/c1-15-13-20(2)7-8-21(15)14-18(22)19-12-16-5-4-6-17(11-16)24-10-9-23-3/h4-6,11,15H,7-10,12-14H2,1-3H3,(H,19,22)/t15-/m0/s1. The van der Waals surface area contributed by atoms with Crippen molar-refractivity contribution in [3.63, 3.8) is 0 Å². The molecule has 0 spiro atoms. The number of likely N-dealkylation sites (N-methyl/N-ethyl adjacent to an activating group) is 1. The van der Waals surface area contributed by atoms with E-state index in [2.05, 4.69) is 29.1 Å². The number of amides is 1. The molecule has 1 atom stereocenters. The summed E-state index contributed by atoms with van der Waals surface area (Å²) in [6, 6.07) is 8.20. The molecule has 1 N–H and O–H groups in total. The van der Waals surface area contributed by atoms with Gasteiger partial charge in [0.15, 0.2) is 0 Å². The Hall–Kier alpha value is -1.63. The Balaban J connectivity index is 1.76. The van der Waals surface area contributed by atoms with Gasteiger partial charge in [0.2, 0.25) is 5.91 Å². The molecule has 1 aliphatic rings. The van der Waals surface area contributed by atoms with Crippen LogP contribution in [0.5, 0.6) is 5.75 Å². The molecule has 0 unspecified atom stereocenters. The summed E-state index contributed by atoms with van der Waals surface area (Å²) < 4.78 is 10.6. The molecule has 1 heterocycles. The molecule has 6 heteroatoms. The van der Waals surface area contributed by atoms with Gasteiger partial charge in [-0.3, -0.25) is 9.69 Å². The number of hydrogen-bond acceptors (Lipinski definition) is 5. The number of benzene rings is 1. The van der Waals surface area contributed by atoms with Gasteiger partial charge in [-0.25, -0.2) is 0 Å². The van der Waals surface area contributed by atoms with Gasteiger partial charge in [-0.1, -0.05) is 12.1 Å². The highest BCUT2D eigenvalue weighted by Crippen LogP contribution is 2.13. The van der Waals surface area contributed by atoms with E-state index in [0.717, 1.165) is 30.9 Å². The minimum absolute atomic E-state index is 0.0668. The van der Waals surface area contributed by atoms with Crippen LogP contribution >= 0.6 is 0 Å². The van der Waals surface area contributed by atoms with E-state index < -0.39 is 0 Å². The van der Waals surface area contributed by atoms with Gasteiger partial charge in [0.05, 0.1) is 13.2 Å². The van der Waals surface area contributed by atoms with Crippen LogP contribution in [0.25, 0.3) is 0 Å². The number of ether oxygens (including phenoxy) is 2. The van der Waals surface area contributed by atoms with E-state index in [9.17, 15) is 4.79 Å². The molecule has 1 aliphatic heterocycles. The number of rotatable bonds is 8. The minimum Gasteiger partial charge on any atom is -0.491 e. The lowest BCUT2D eigenvalue weighted by molar-refractivity contribution is -0.123. The maximum Gasteiger partial charge on any atom is 0.234 e. The summed E-state index contributed by atoms with van der Waals surface area (Å²) in [6.07, 6.45) is 0. The van der Waals surface area contributed by atoms with Crippen molar-refractivity contribution in [1.29, 1.82) is 0 Å². The molecular weight excluding hydrogens is 306 g/mol. The fourth-order valence-corrected chi connectivity index (χ4v) is 2.84. The molecule has 0 bridgehead atoms. The molecule has 134 valence electrons. The molecular formula is C18H29N3O3. The smallest absolute Gasteiger partial charge is 0.234 e. The van der Waals surface area contributed by atoms with Crippen molar-refractivity contribution in [2.45, 2.75) is 19.5 Å². The summed E-state index contributed by atoms with van der Waals surface area (Å²) >= 11 is 0. The number of carbonyl (C=O) groups excluding carboxylic acids is 1. The van der Waals surface area contributed by atoms with Gasteiger partial charge in [0, 0.05) is 39.3 Å². The Bertz CT molecular complexity index is 524. The van der Waals surface area contributed by atoms with Crippen molar-refractivity contribution < 1.29 is 14.3 Å². The van der Waals surface area contributed by atoms with Gasteiger partial charge in [-0.05, 0) is 31.7 Å². The zero-order valence-corrected chi connectivity index (χ0v) is 15.0. The van der Waals surface area contributed by atoms with Crippen molar-refractivity contribution in [2.75, 3.05) is 53.6 Å². The Morgan fingerprint density at radius 2 is 2.17 bits per heavy atom. The van der Waals surface area contributed by atoms with Crippen molar-refractivity contribution in [3.05, 3.63) is 29.8 Å². The molecule has 0 aliphatic carbocycles. The summed E-state index contributed by atoms with van der Waals surface area (Å²) in [4.78, 5) is 16.7. The molecule has 1 saturated heterocycles. The third-order valence-corrected chi connectivity index (χ3v) is 4.26. The zero-order chi connectivity index (χ0) is 17.4. The number of piperazine rings is 1. The van der Waals surface area contributed by atoms with Crippen LogP contribution in [0.1, 0.15) is 12.5 Å². The first-order valence-electron chi connectivity index (χ1n) is 8.48. The highest BCUT2D eigenvalue weighted by atomic mass is 16.5. The van der Waals surface area contributed by atoms with Crippen molar-refractivity contribution in [3.8, 4) is 5.75 Å². The van der Waals surface area contributed by atoms with Gasteiger partial charge >= 0.3 is 0 Å². The number of carbonyl (C=O) groups is 1. The largest absolute Gasteiger partial charge is 0.491 e. The second kappa shape index (κ2) is 9.61. The van der Waals surface area contributed by atoms with Gasteiger partial charge in [0.1, 0.15) is 12.4 Å². The van der Waals surface area contributed by atoms with E-state index in [1.165, 1.54) is 0 Å². The van der Waals surface area contributed by atoms with E-state index in [1.54, 1.807) is 7.11 Å². The molecule has 1 fully saturated rings. The van der Waals surface area contributed by atoms with Gasteiger partial charge in [-0.2, -0.15) is 0 Å². The Kier molecular flexibility index (Phi) is 7.49. The van der Waals surface area contributed by atoms with Crippen LogP contribution in [0, 0.1) is 0 Å². The molecule has 1 aromatic rings. The average Bonchev–Trinajstić information content (AvgIpc) is 2.56. The van der Waals surface area contributed by atoms with Crippen LogP contribution in [-0.4, -0.2) is 75.3 Å². The maximum absolute atomic E-state index is 12.2. The Morgan fingerprint density at radius 3 is 2.92 bits per heavy atom. The topological polar surface area (TPSA) is 54.0 Å². The zero-order valence-electron chi connectivity index (χ0n) is 15.0. The summed E-state index contributed by atoms with van der Waals surface area (Å²) in [7, 11) is 3.77. The second-order valence-electron chi connectivity index (χ2n) is 6.35. The minimum atomic E-state index is 0.0668. The molecule has 0 radical (unpaired) electrons. The first-order chi connectivity index (χ1) is 11.6. The predicted molar refractivity (Wildman–Crippen MR) is 94.2 cm³/mol. The fraction of sp³-hybridized carbons (Fsp3) is 0.611. The number of hydrogen-bond donors (Lipinski definition) is 1. The Labute approximate surface area is 144 Å². The molecule has 24 heavy (non-hydrogen) atoms. The SMILES string of the molecule is COCCOc1cccc(CNC(=O)CN2CCN(C)C[C@@H]2C)c1. The number of nitrogens with zero attached hydrogens (tertiary/aromatic N) is 2. The first-order valence-corrected chi connectivity index (χ1v) is 8.48. The molecule has 1 amide bonds. The lowest BCUT2D eigenvalue weighted by atomic mass is 10.2. The lowest BCUT2D eigenvalue weighted by Crippen LogP contribution is -2.53. The normalized spacial score (nSPS) is 19.2. The molecule has 6 nitrogen and oxygen atoms in total. The lowest BCUT2D eigenvalue weighted by Gasteiger charge is -2.37. The van der Waals surface area contributed by atoms with Crippen LogP contribution in [-0.2, 0) is 16.1 Å². The predicted octanol–water partition coefficient (Wildman–Crippen LogP) is 0.964. The van der Waals surface area contributed by atoms with Crippen LogP contribution in [0.4, 0.5) is 0 Å². The van der Waals surface area contributed by atoms with E-state index >= 15 is 0 Å². The second-order valence-corrected chi connectivity index (χ2v) is 6.35. The number of methoxy groups -OCH3 is 1. The monoisotopic (exact) mass is 335 g/mol. The van der Waals surface area contributed by atoms with Gasteiger partial charge < -0.3 is 19.7 Å². The molecule has 0 saturated carbocycles. The van der Waals surface area contributed by atoms with Gasteiger partial charge in [0.25, 0.3) is 0 Å². The highest BCUT2D eigenvalue weighted by molar-refractivity contribution is 5.78.